The number of rotatable bonds is 1. The number of phenols is 1. The van der Waals surface area contributed by atoms with Gasteiger partial charge in [-0.05, 0) is 19.1 Å². The van der Waals surface area contributed by atoms with Crippen LogP contribution in [0.2, 0.25) is 0 Å². The predicted octanol–water partition coefficient (Wildman–Crippen LogP) is 2.75. The fourth-order valence-corrected chi connectivity index (χ4v) is 1.10. The lowest BCUT2D eigenvalue weighted by Crippen LogP contribution is -2.08. The van der Waals surface area contributed by atoms with Crippen LogP contribution in [0.1, 0.15) is 22.8 Å². The van der Waals surface area contributed by atoms with Crippen molar-refractivity contribution in [3.8, 4) is 5.75 Å². The number of phenolic OH excluding ortho intramolecular Hbond substituents is 1. The Kier molecular flexibility index (Phi) is 2.70. The largest absolute Gasteiger partial charge is 0.507 e. The first kappa shape index (κ1) is 11.5. The summed E-state index contributed by atoms with van der Waals surface area (Å²) in [6.07, 6.45) is -4.76. The summed E-state index contributed by atoms with van der Waals surface area (Å²) in [6.45, 7) is 0.950. The van der Waals surface area contributed by atoms with Crippen molar-refractivity contribution in [1.82, 2.24) is 0 Å². The van der Waals surface area contributed by atoms with Gasteiger partial charge in [-0.3, -0.25) is 4.79 Å². The van der Waals surface area contributed by atoms with Gasteiger partial charge in [0, 0.05) is 0 Å². The van der Waals surface area contributed by atoms with Gasteiger partial charge in [0.05, 0.1) is 11.1 Å². The average molecular weight is 222 g/mol. The van der Waals surface area contributed by atoms with E-state index in [1.807, 2.05) is 0 Å². The second-order valence-corrected chi connectivity index (χ2v) is 2.91. The maximum Gasteiger partial charge on any atom is 0.416 e. The summed E-state index contributed by atoms with van der Waals surface area (Å²) in [5, 5.41) is 9.05. The van der Waals surface area contributed by atoms with E-state index in [2.05, 4.69) is 0 Å². The molecule has 0 spiro atoms. The molecule has 15 heavy (non-hydrogen) atoms. The van der Waals surface area contributed by atoms with Gasteiger partial charge in [0.1, 0.15) is 11.6 Å². The van der Waals surface area contributed by atoms with Gasteiger partial charge in [0.2, 0.25) is 0 Å². The normalized spacial score (nSPS) is 11.5. The van der Waals surface area contributed by atoms with Crippen LogP contribution in [0.25, 0.3) is 0 Å². The van der Waals surface area contributed by atoms with E-state index in [9.17, 15) is 22.4 Å². The number of hydrogen-bond acceptors (Lipinski definition) is 2. The smallest absolute Gasteiger partial charge is 0.416 e. The maximum atomic E-state index is 13.0. The number of Topliss-reactive ketones (excluding diaryl/α,β-unsaturated/α-hetero) is 1. The van der Waals surface area contributed by atoms with Gasteiger partial charge in [0.15, 0.2) is 5.78 Å². The van der Waals surface area contributed by atoms with Gasteiger partial charge in [-0.15, -0.1) is 0 Å². The molecule has 0 saturated heterocycles. The summed E-state index contributed by atoms with van der Waals surface area (Å²) in [7, 11) is 0. The highest BCUT2D eigenvalue weighted by molar-refractivity contribution is 5.97. The number of hydrogen-bond donors (Lipinski definition) is 1. The summed E-state index contributed by atoms with van der Waals surface area (Å²) in [4.78, 5) is 10.8. The highest BCUT2D eigenvalue weighted by atomic mass is 19.4. The van der Waals surface area contributed by atoms with E-state index in [-0.39, 0.29) is 6.07 Å². The van der Waals surface area contributed by atoms with Gasteiger partial charge in [-0.1, -0.05) is 0 Å². The molecule has 1 aromatic rings. The van der Waals surface area contributed by atoms with Crippen molar-refractivity contribution >= 4 is 5.78 Å². The second kappa shape index (κ2) is 3.52. The third-order valence-corrected chi connectivity index (χ3v) is 1.75. The molecule has 0 amide bonds. The molecule has 6 heteroatoms. The van der Waals surface area contributed by atoms with Crippen molar-refractivity contribution < 1.29 is 27.5 Å². The van der Waals surface area contributed by atoms with Crippen LogP contribution in [0.15, 0.2) is 12.1 Å². The number of benzene rings is 1. The predicted molar refractivity (Wildman–Crippen MR) is 43.1 cm³/mol. The summed E-state index contributed by atoms with van der Waals surface area (Å²) in [5.41, 5.74) is -2.06. The van der Waals surface area contributed by atoms with Crippen LogP contribution in [-0.4, -0.2) is 10.9 Å². The Morgan fingerprint density at radius 1 is 1.33 bits per heavy atom. The summed E-state index contributed by atoms with van der Waals surface area (Å²) in [5.74, 6) is -3.22. The maximum absolute atomic E-state index is 13.0. The Bertz CT molecular complexity index is 386. The molecule has 0 heterocycles. The first-order valence-electron chi connectivity index (χ1n) is 3.84. The molecule has 0 aliphatic rings. The van der Waals surface area contributed by atoms with Crippen molar-refractivity contribution in [3.05, 3.63) is 29.1 Å². The van der Waals surface area contributed by atoms with Gasteiger partial charge >= 0.3 is 6.18 Å². The molecular formula is C9H6F4O2. The van der Waals surface area contributed by atoms with Crippen molar-refractivity contribution in [2.75, 3.05) is 0 Å². The van der Waals surface area contributed by atoms with E-state index in [4.69, 9.17) is 5.11 Å². The Balaban J connectivity index is 3.39. The number of halogens is 4. The monoisotopic (exact) mass is 222 g/mol. The van der Waals surface area contributed by atoms with Gasteiger partial charge in [-0.2, -0.15) is 13.2 Å². The summed E-state index contributed by atoms with van der Waals surface area (Å²) < 4.78 is 49.4. The van der Waals surface area contributed by atoms with Gasteiger partial charge in [0.25, 0.3) is 0 Å². The Hall–Kier alpha value is -1.59. The van der Waals surface area contributed by atoms with E-state index < -0.39 is 34.7 Å². The molecule has 0 aromatic heterocycles. The molecule has 0 atom stereocenters. The number of carbonyl (C=O) groups excluding carboxylic acids is 1. The van der Waals surface area contributed by atoms with Crippen molar-refractivity contribution in [1.29, 1.82) is 0 Å². The van der Waals surface area contributed by atoms with E-state index in [0.717, 1.165) is 6.92 Å². The molecule has 0 aliphatic carbocycles. The fraction of sp³-hybridized carbons (Fsp3) is 0.222. The van der Waals surface area contributed by atoms with E-state index in [0.29, 0.717) is 6.07 Å². The first-order valence-corrected chi connectivity index (χ1v) is 3.84. The SMILES string of the molecule is CC(=O)c1c(O)cc(C(F)(F)F)cc1F. The van der Waals surface area contributed by atoms with E-state index in [1.165, 1.54) is 0 Å². The highest BCUT2D eigenvalue weighted by Gasteiger charge is 2.33. The van der Waals surface area contributed by atoms with Crippen LogP contribution < -0.4 is 0 Å². The molecule has 0 unspecified atom stereocenters. The van der Waals surface area contributed by atoms with Gasteiger partial charge in [-0.25, -0.2) is 4.39 Å². The number of alkyl halides is 3. The minimum absolute atomic E-state index is 0.177. The quantitative estimate of drug-likeness (QED) is 0.586. The molecule has 1 aromatic carbocycles. The molecule has 0 radical (unpaired) electrons. The average Bonchev–Trinajstić information content (AvgIpc) is 1.99. The highest BCUT2D eigenvalue weighted by Crippen LogP contribution is 2.34. The molecule has 1 rings (SSSR count). The second-order valence-electron chi connectivity index (χ2n) is 2.91. The standard InChI is InChI=1S/C9H6F4O2/c1-4(14)8-6(10)2-5(3-7(8)15)9(11,12)13/h2-3,15H,1H3. The fourth-order valence-electron chi connectivity index (χ4n) is 1.10. The zero-order valence-corrected chi connectivity index (χ0v) is 7.52. The summed E-state index contributed by atoms with van der Waals surface area (Å²) in [6, 6.07) is 0.496. The van der Waals surface area contributed by atoms with Crippen LogP contribution >= 0.6 is 0 Å². The van der Waals surface area contributed by atoms with Crippen LogP contribution in [0, 0.1) is 5.82 Å². The minimum atomic E-state index is -4.76. The molecule has 1 N–H and O–H groups in total. The molecule has 0 saturated carbocycles. The van der Waals surface area contributed by atoms with Crippen LogP contribution in [-0.2, 0) is 6.18 Å². The lowest BCUT2D eigenvalue weighted by Gasteiger charge is -2.09. The number of aromatic hydroxyl groups is 1. The Morgan fingerprint density at radius 3 is 2.20 bits per heavy atom. The lowest BCUT2D eigenvalue weighted by molar-refractivity contribution is -0.137. The molecular weight excluding hydrogens is 216 g/mol. The van der Waals surface area contributed by atoms with E-state index >= 15 is 0 Å². The Labute approximate surface area is 82.1 Å². The lowest BCUT2D eigenvalue weighted by atomic mass is 10.1. The first-order chi connectivity index (χ1) is 6.73. The third-order valence-electron chi connectivity index (χ3n) is 1.75. The van der Waals surface area contributed by atoms with Crippen LogP contribution in [0.4, 0.5) is 17.6 Å². The zero-order valence-electron chi connectivity index (χ0n) is 7.52. The Morgan fingerprint density at radius 2 is 1.87 bits per heavy atom. The molecule has 2 nitrogen and oxygen atoms in total. The van der Waals surface area contributed by atoms with Crippen LogP contribution in [0.5, 0.6) is 5.75 Å². The summed E-state index contributed by atoms with van der Waals surface area (Å²) >= 11 is 0. The minimum Gasteiger partial charge on any atom is -0.507 e. The topological polar surface area (TPSA) is 37.3 Å². The molecule has 0 fully saturated rings. The van der Waals surface area contributed by atoms with Crippen LogP contribution in [0.3, 0.4) is 0 Å². The van der Waals surface area contributed by atoms with E-state index in [1.54, 1.807) is 0 Å². The molecule has 82 valence electrons. The van der Waals surface area contributed by atoms with Crippen molar-refractivity contribution in [2.24, 2.45) is 0 Å². The molecule has 0 bridgehead atoms. The van der Waals surface area contributed by atoms with Crippen molar-refractivity contribution in [3.63, 3.8) is 0 Å². The number of carbonyl (C=O) groups is 1. The number of ketones is 1. The van der Waals surface area contributed by atoms with Gasteiger partial charge < -0.3 is 5.11 Å². The zero-order chi connectivity index (χ0) is 11.8. The molecule has 0 aliphatic heterocycles. The third kappa shape index (κ3) is 2.26. The van der Waals surface area contributed by atoms with Crippen molar-refractivity contribution in [2.45, 2.75) is 13.1 Å².